The second-order valence-electron chi connectivity index (χ2n) is 4.70. The minimum absolute atomic E-state index is 0.130. The summed E-state index contributed by atoms with van der Waals surface area (Å²) in [5, 5.41) is 3.97. The van der Waals surface area contributed by atoms with Gasteiger partial charge in [0.1, 0.15) is 0 Å². The molecule has 2 atom stereocenters. The van der Waals surface area contributed by atoms with Crippen LogP contribution < -0.4 is 5.32 Å². The second-order valence-corrected chi connectivity index (χ2v) is 5.77. The van der Waals surface area contributed by atoms with Crippen molar-refractivity contribution < 1.29 is 4.79 Å². The Bertz CT molecular complexity index is 259. The lowest BCUT2D eigenvalue weighted by molar-refractivity contribution is -0.130. The number of hydrogen-bond acceptors (Lipinski definition) is 3. The van der Waals surface area contributed by atoms with E-state index in [0.717, 1.165) is 13.1 Å². The summed E-state index contributed by atoms with van der Waals surface area (Å²) in [6, 6.07) is 0. The summed E-state index contributed by atoms with van der Waals surface area (Å²) in [4.78, 5) is 13.7. The number of rotatable bonds is 3. The average molecular weight is 228 g/mol. The lowest BCUT2D eigenvalue weighted by Gasteiger charge is -2.45. The van der Waals surface area contributed by atoms with Gasteiger partial charge in [0.15, 0.2) is 0 Å². The van der Waals surface area contributed by atoms with Crippen molar-refractivity contribution in [3.8, 4) is 0 Å². The number of unbranched alkanes of at least 4 members (excludes halogenated alkanes) is 1. The van der Waals surface area contributed by atoms with Gasteiger partial charge in [-0.1, -0.05) is 19.8 Å². The molecule has 86 valence electrons. The van der Waals surface area contributed by atoms with Crippen LogP contribution in [0.2, 0.25) is 0 Å². The third-order valence-electron chi connectivity index (χ3n) is 3.44. The van der Waals surface area contributed by atoms with Crippen LogP contribution in [0.4, 0.5) is 0 Å². The van der Waals surface area contributed by atoms with E-state index < -0.39 is 0 Å². The molecule has 0 aromatic carbocycles. The number of thioether (sulfide) groups is 1. The van der Waals surface area contributed by atoms with Gasteiger partial charge < -0.3 is 10.2 Å². The van der Waals surface area contributed by atoms with Crippen molar-refractivity contribution >= 4 is 17.7 Å². The zero-order valence-corrected chi connectivity index (χ0v) is 10.4. The average Bonchev–Trinajstić information content (AvgIpc) is 2.60. The largest absolute Gasteiger partial charge is 0.327 e. The van der Waals surface area contributed by atoms with Crippen LogP contribution in [0.25, 0.3) is 0 Å². The predicted molar refractivity (Wildman–Crippen MR) is 63.9 cm³/mol. The molecule has 2 aliphatic heterocycles. The Labute approximate surface area is 96.0 Å². The monoisotopic (exact) mass is 228 g/mol. The smallest absolute Gasteiger partial charge is 0.233 e. The molecule has 0 aliphatic carbocycles. The third kappa shape index (κ3) is 2.02. The third-order valence-corrected chi connectivity index (χ3v) is 4.95. The summed E-state index contributed by atoms with van der Waals surface area (Å²) in [6.07, 6.45) is 3.64. The highest BCUT2D eigenvalue weighted by molar-refractivity contribution is 8.01. The van der Waals surface area contributed by atoms with Gasteiger partial charge in [-0.2, -0.15) is 0 Å². The number of amides is 1. The molecule has 0 bridgehead atoms. The van der Waals surface area contributed by atoms with E-state index in [0.29, 0.717) is 17.0 Å². The van der Waals surface area contributed by atoms with Gasteiger partial charge in [-0.05, 0) is 13.3 Å². The van der Waals surface area contributed by atoms with Crippen LogP contribution in [0.5, 0.6) is 0 Å². The van der Waals surface area contributed by atoms with Crippen LogP contribution in [0, 0.1) is 0 Å². The molecule has 2 heterocycles. The number of nitrogens with zero attached hydrogens (tertiary/aromatic N) is 1. The fourth-order valence-electron chi connectivity index (χ4n) is 2.53. The second kappa shape index (κ2) is 4.34. The molecule has 0 spiro atoms. The molecule has 3 nitrogen and oxygen atoms in total. The van der Waals surface area contributed by atoms with Gasteiger partial charge in [-0.25, -0.2) is 0 Å². The van der Waals surface area contributed by atoms with Gasteiger partial charge in [0.05, 0.1) is 11.1 Å². The number of piperazine rings is 1. The molecule has 1 N–H and O–H groups in total. The molecular weight excluding hydrogens is 208 g/mol. The van der Waals surface area contributed by atoms with Gasteiger partial charge in [0.25, 0.3) is 0 Å². The van der Waals surface area contributed by atoms with Crippen molar-refractivity contribution in [1.29, 1.82) is 0 Å². The van der Waals surface area contributed by atoms with E-state index in [2.05, 4.69) is 24.1 Å². The van der Waals surface area contributed by atoms with Crippen LogP contribution in [0.15, 0.2) is 0 Å². The maximum Gasteiger partial charge on any atom is 0.233 e. The predicted octanol–water partition coefficient (Wildman–Crippen LogP) is 1.44. The Balaban J connectivity index is 2.08. The van der Waals surface area contributed by atoms with E-state index in [-0.39, 0.29) is 5.54 Å². The van der Waals surface area contributed by atoms with Crippen molar-refractivity contribution in [2.75, 3.05) is 18.8 Å². The fourth-order valence-corrected chi connectivity index (χ4v) is 3.97. The summed E-state index contributed by atoms with van der Waals surface area (Å²) in [7, 11) is 0. The standard InChI is InChI=1S/C11H20N2OS/c1-3-4-5-11(2)10-13(7-6-12-11)9(14)8-15-10/h10,12H,3-8H2,1-2H3. The summed E-state index contributed by atoms with van der Waals surface area (Å²) >= 11 is 1.81. The van der Waals surface area contributed by atoms with Crippen molar-refractivity contribution in [3.05, 3.63) is 0 Å². The first-order valence-electron chi connectivity index (χ1n) is 5.83. The maximum absolute atomic E-state index is 11.6. The minimum Gasteiger partial charge on any atom is -0.327 e. The van der Waals surface area contributed by atoms with Crippen molar-refractivity contribution in [3.63, 3.8) is 0 Å². The first kappa shape index (κ1) is 11.3. The SMILES string of the molecule is CCCCC1(C)NCCN2C(=O)CSC21. The Morgan fingerprint density at radius 3 is 3.20 bits per heavy atom. The van der Waals surface area contributed by atoms with E-state index >= 15 is 0 Å². The zero-order valence-electron chi connectivity index (χ0n) is 9.58. The van der Waals surface area contributed by atoms with Crippen LogP contribution >= 0.6 is 11.8 Å². The van der Waals surface area contributed by atoms with Gasteiger partial charge in [0, 0.05) is 18.6 Å². The molecule has 0 radical (unpaired) electrons. The van der Waals surface area contributed by atoms with E-state index in [4.69, 9.17) is 0 Å². The normalized spacial score (nSPS) is 35.7. The number of fused-ring (bicyclic) bond motifs is 1. The van der Waals surface area contributed by atoms with Crippen LogP contribution in [0.3, 0.4) is 0 Å². The van der Waals surface area contributed by atoms with Crippen molar-refractivity contribution in [2.45, 2.75) is 44.0 Å². The summed E-state index contributed by atoms with van der Waals surface area (Å²) in [5.41, 5.74) is 0.130. The molecule has 0 saturated carbocycles. The fraction of sp³-hybridized carbons (Fsp3) is 0.909. The highest BCUT2D eigenvalue weighted by Gasteiger charge is 2.46. The topological polar surface area (TPSA) is 32.3 Å². The molecular formula is C11H20N2OS. The van der Waals surface area contributed by atoms with E-state index in [1.807, 2.05) is 0 Å². The summed E-state index contributed by atoms with van der Waals surface area (Å²) in [6.45, 7) is 6.32. The lowest BCUT2D eigenvalue weighted by Crippen LogP contribution is -2.63. The first-order valence-corrected chi connectivity index (χ1v) is 6.88. The molecule has 15 heavy (non-hydrogen) atoms. The maximum atomic E-state index is 11.6. The lowest BCUT2D eigenvalue weighted by atomic mass is 9.92. The number of carbonyl (C=O) groups is 1. The van der Waals surface area contributed by atoms with Crippen molar-refractivity contribution in [2.24, 2.45) is 0 Å². The molecule has 4 heteroatoms. The Morgan fingerprint density at radius 1 is 1.67 bits per heavy atom. The van der Waals surface area contributed by atoms with Crippen LogP contribution in [-0.2, 0) is 4.79 Å². The molecule has 2 unspecified atom stereocenters. The molecule has 0 aromatic heterocycles. The van der Waals surface area contributed by atoms with Gasteiger partial charge in [-0.15, -0.1) is 11.8 Å². The number of nitrogens with one attached hydrogen (secondary N) is 1. The van der Waals surface area contributed by atoms with Gasteiger partial charge in [0.2, 0.25) is 5.91 Å². The van der Waals surface area contributed by atoms with E-state index in [9.17, 15) is 4.79 Å². The van der Waals surface area contributed by atoms with Gasteiger partial charge in [-0.3, -0.25) is 4.79 Å². The van der Waals surface area contributed by atoms with Gasteiger partial charge >= 0.3 is 0 Å². The first-order chi connectivity index (χ1) is 7.17. The molecule has 2 rings (SSSR count). The Hall–Kier alpha value is -0.220. The molecule has 0 aromatic rings. The minimum atomic E-state index is 0.130. The molecule has 2 aliphatic rings. The van der Waals surface area contributed by atoms with Crippen LogP contribution in [-0.4, -0.2) is 40.6 Å². The van der Waals surface area contributed by atoms with E-state index in [1.54, 1.807) is 11.8 Å². The Morgan fingerprint density at radius 2 is 2.47 bits per heavy atom. The molecule has 2 fully saturated rings. The summed E-state index contributed by atoms with van der Waals surface area (Å²) < 4.78 is 0. The highest BCUT2D eigenvalue weighted by Crippen LogP contribution is 2.37. The quantitative estimate of drug-likeness (QED) is 0.793. The molecule has 2 saturated heterocycles. The Kier molecular flexibility index (Phi) is 3.26. The van der Waals surface area contributed by atoms with Crippen LogP contribution in [0.1, 0.15) is 33.1 Å². The summed E-state index contributed by atoms with van der Waals surface area (Å²) in [5.74, 6) is 1.00. The number of hydrogen-bond donors (Lipinski definition) is 1. The van der Waals surface area contributed by atoms with E-state index in [1.165, 1.54) is 19.3 Å². The number of carbonyl (C=O) groups excluding carboxylic acids is 1. The zero-order chi connectivity index (χ0) is 10.9. The van der Waals surface area contributed by atoms with Crippen molar-refractivity contribution in [1.82, 2.24) is 10.2 Å². The highest BCUT2D eigenvalue weighted by atomic mass is 32.2. The molecule has 1 amide bonds.